The van der Waals surface area contributed by atoms with Gasteiger partial charge in [0.05, 0.1) is 11.4 Å². The molecule has 0 unspecified atom stereocenters. The summed E-state index contributed by atoms with van der Waals surface area (Å²) in [6.07, 6.45) is 1.69. The molecule has 8 heteroatoms. The van der Waals surface area contributed by atoms with Crippen molar-refractivity contribution in [2.24, 2.45) is 0 Å². The lowest BCUT2D eigenvalue weighted by atomic mass is 10.2. The van der Waals surface area contributed by atoms with E-state index in [2.05, 4.69) is 20.9 Å². The summed E-state index contributed by atoms with van der Waals surface area (Å²) in [5.74, 6) is -0.236. The number of halogens is 1. The van der Waals surface area contributed by atoms with Crippen LogP contribution in [0.15, 0.2) is 66.9 Å². The minimum absolute atomic E-state index is 0.236. The van der Waals surface area contributed by atoms with Crippen LogP contribution in [0.3, 0.4) is 0 Å². The third-order valence-corrected chi connectivity index (χ3v) is 4.33. The van der Waals surface area contributed by atoms with Crippen molar-refractivity contribution in [3.63, 3.8) is 0 Å². The van der Waals surface area contributed by atoms with E-state index in [-0.39, 0.29) is 5.91 Å². The number of aromatic nitrogens is 1. The molecule has 6 nitrogen and oxygen atoms in total. The Labute approximate surface area is 173 Å². The van der Waals surface area contributed by atoms with Gasteiger partial charge in [0.25, 0.3) is 5.91 Å². The van der Waals surface area contributed by atoms with Gasteiger partial charge in [-0.1, -0.05) is 29.8 Å². The van der Waals surface area contributed by atoms with Gasteiger partial charge >= 0.3 is 0 Å². The molecule has 142 valence electrons. The number of carbonyl (C=O) groups excluding carboxylic acids is 1. The topological polar surface area (TPSA) is 92.1 Å². The molecule has 0 radical (unpaired) electrons. The predicted molar refractivity (Wildman–Crippen MR) is 118 cm³/mol. The van der Waals surface area contributed by atoms with Gasteiger partial charge in [0.15, 0.2) is 5.11 Å². The lowest BCUT2D eigenvalue weighted by molar-refractivity contribution is 0.102. The molecule has 0 spiro atoms. The zero-order valence-corrected chi connectivity index (χ0v) is 16.3. The van der Waals surface area contributed by atoms with Crippen molar-refractivity contribution < 1.29 is 4.79 Å². The average Bonchev–Trinajstić information content (AvgIpc) is 2.70. The number of amides is 1. The molecule has 5 N–H and O–H groups in total. The molecule has 0 aliphatic rings. The molecule has 2 aromatic carbocycles. The second-order valence-corrected chi connectivity index (χ2v) is 6.71. The van der Waals surface area contributed by atoms with Gasteiger partial charge in [-0.05, 0) is 60.2 Å². The maximum atomic E-state index is 12.3. The van der Waals surface area contributed by atoms with E-state index in [0.29, 0.717) is 33.7 Å². The van der Waals surface area contributed by atoms with E-state index in [4.69, 9.17) is 29.6 Å². The van der Waals surface area contributed by atoms with Crippen molar-refractivity contribution in [3.05, 3.63) is 83.1 Å². The molecule has 3 aromatic rings. The van der Waals surface area contributed by atoms with Gasteiger partial charge < -0.3 is 21.7 Å². The molecule has 0 saturated heterocycles. The molecule has 28 heavy (non-hydrogen) atoms. The van der Waals surface area contributed by atoms with Crippen molar-refractivity contribution in [1.29, 1.82) is 0 Å². The van der Waals surface area contributed by atoms with Gasteiger partial charge in [-0.2, -0.15) is 0 Å². The van der Waals surface area contributed by atoms with Crippen LogP contribution in [-0.2, 0) is 6.54 Å². The van der Waals surface area contributed by atoms with Crippen LogP contribution in [0.4, 0.5) is 17.1 Å². The molecule has 0 bridgehead atoms. The summed E-state index contributed by atoms with van der Waals surface area (Å²) < 4.78 is 0. The monoisotopic (exact) mass is 411 g/mol. The van der Waals surface area contributed by atoms with Gasteiger partial charge in [-0.15, -0.1) is 0 Å². The van der Waals surface area contributed by atoms with E-state index >= 15 is 0 Å². The third kappa shape index (κ3) is 5.42. The Morgan fingerprint density at radius 1 is 1.04 bits per heavy atom. The lowest BCUT2D eigenvalue weighted by Gasteiger charge is -2.11. The number of benzene rings is 2. The number of para-hydroxylation sites is 2. The number of nitrogens with zero attached hydrogens (tertiary/aromatic N) is 1. The van der Waals surface area contributed by atoms with E-state index in [1.807, 2.05) is 18.2 Å². The molecule has 1 amide bonds. The minimum atomic E-state index is -0.236. The minimum Gasteiger partial charge on any atom is -0.397 e. The molecular formula is C20H18ClN5OS. The van der Waals surface area contributed by atoms with Gasteiger partial charge in [0.1, 0.15) is 5.15 Å². The fraction of sp³-hybridized carbons (Fsp3) is 0.0500. The molecule has 0 aliphatic carbocycles. The highest BCUT2D eigenvalue weighted by Crippen LogP contribution is 2.18. The van der Waals surface area contributed by atoms with Gasteiger partial charge in [0.2, 0.25) is 0 Å². The number of nitrogens with one attached hydrogen (secondary N) is 3. The van der Waals surface area contributed by atoms with E-state index in [1.54, 1.807) is 48.7 Å². The Morgan fingerprint density at radius 2 is 1.79 bits per heavy atom. The molecule has 3 rings (SSSR count). The van der Waals surface area contributed by atoms with Crippen LogP contribution in [0.2, 0.25) is 5.15 Å². The molecule has 0 saturated carbocycles. The molecule has 1 heterocycles. The average molecular weight is 412 g/mol. The number of rotatable bonds is 5. The van der Waals surface area contributed by atoms with Crippen molar-refractivity contribution in [2.45, 2.75) is 6.54 Å². The number of carbonyl (C=O) groups is 1. The molecule has 0 aliphatic heterocycles. The summed E-state index contributed by atoms with van der Waals surface area (Å²) in [7, 11) is 0. The first-order valence-corrected chi connectivity index (χ1v) is 9.21. The normalized spacial score (nSPS) is 10.2. The Hall–Kier alpha value is -3.16. The second kappa shape index (κ2) is 9.16. The Morgan fingerprint density at radius 3 is 2.46 bits per heavy atom. The lowest BCUT2D eigenvalue weighted by Crippen LogP contribution is -2.27. The highest BCUT2D eigenvalue weighted by Gasteiger charge is 2.08. The number of nitrogen functional groups attached to an aromatic ring is 1. The third-order valence-electron chi connectivity index (χ3n) is 3.86. The first kappa shape index (κ1) is 19.6. The van der Waals surface area contributed by atoms with E-state index in [9.17, 15) is 4.79 Å². The van der Waals surface area contributed by atoms with Crippen LogP contribution in [0.1, 0.15) is 15.9 Å². The number of hydrogen-bond donors (Lipinski definition) is 4. The van der Waals surface area contributed by atoms with Crippen molar-refractivity contribution >= 4 is 51.9 Å². The number of thiocarbonyl (C=S) groups is 1. The number of nitrogens with two attached hydrogens (primary N) is 1. The second-order valence-electron chi connectivity index (χ2n) is 5.92. The maximum Gasteiger partial charge on any atom is 0.255 e. The fourth-order valence-corrected chi connectivity index (χ4v) is 2.68. The summed E-state index contributed by atoms with van der Waals surface area (Å²) >= 11 is 11.0. The van der Waals surface area contributed by atoms with Crippen LogP contribution < -0.4 is 21.7 Å². The highest BCUT2D eigenvalue weighted by atomic mass is 35.5. The molecule has 0 fully saturated rings. The van der Waals surface area contributed by atoms with Crippen LogP contribution in [0, 0.1) is 0 Å². The summed E-state index contributed by atoms with van der Waals surface area (Å²) in [5.41, 5.74) is 9.18. The largest absolute Gasteiger partial charge is 0.397 e. The Balaban J connectivity index is 1.53. The van der Waals surface area contributed by atoms with Crippen LogP contribution in [0.25, 0.3) is 0 Å². The number of anilines is 3. The van der Waals surface area contributed by atoms with Gasteiger partial charge in [-0.3, -0.25) is 4.79 Å². The summed E-state index contributed by atoms with van der Waals surface area (Å²) in [6.45, 7) is 0.523. The van der Waals surface area contributed by atoms with Crippen LogP contribution in [-0.4, -0.2) is 16.0 Å². The van der Waals surface area contributed by atoms with E-state index in [1.165, 1.54) is 0 Å². The first-order chi connectivity index (χ1) is 13.5. The fourth-order valence-electron chi connectivity index (χ4n) is 2.38. The maximum absolute atomic E-state index is 12.3. The van der Waals surface area contributed by atoms with Gasteiger partial charge in [0, 0.05) is 24.0 Å². The SMILES string of the molecule is Nc1ccccc1NC(=O)c1ccc(NC(=S)NCc2ccc(Cl)nc2)cc1. The number of hydrogen-bond acceptors (Lipinski definition) is 4. The van der Waals surface area contributed by atoms with E-state index < -0.39 is 0 Å². The Bertz CT molecular complexity index is 977. The molecular weight excluding hydrogens is 394 g/mol. The van der Waals surface area contributed by atoms with Gasteiger partial charge in [-0.25, -0.2) is 4.98 Å². The smallest absolute Gasteiger partial charge is 0.255 e. The first-order valence-electron chi connectivity index (χ1n) is 8.42. The Kier molecular flexibility index (Phi) is 6.41. The van der Waals surface area contributed by atoms with Crippen LogP contribution >= 0.6 is 23.8 Å². The van der Waals surface area contributed by atoms with Crippen molar-refractivity contribution in [1.82, 2.24) is 10.3 Å². The standard InChI is InChI=1S/C20H18ClN5OS/c21-18-10-5-13(11-23-18)12-24-20(28)25-15-8-6-14(7-9-15)19(27)26-17-4-2-1-3-16(17)22/h1-11H,12,22H2,(H,26,27)(H2,24,25,28). The summed E-state index contributed by atoms with van der Waals surface area (Å²) in [6, 6.07) is 17.7. The summed E-state index contributed by atoms with van der Waals surface area (Å²) in [4.78, 5) is 16.4. The summed E-state index contributed by atoms with van der Waals surface area (Å²) in [5, 5.41) is 9.86. The van der Waals surface area contributed by atoms with Crippen molar-refractivity contribution in [2.75, 3.05) is 16.4 Å². The number of pyridine rings is 1. The molecule has 1 aromatic heterocycles. The zero-order chi connectivity index (χ0) is 19.9. The van der Waals surface area contributed by atoms with Crippen LogP contribution in [0.5, 0.6) is 0 Å². The highest BCUT2D eigenvalue weighted by molar-refractivity contribution is 7.80. The van der Waals surface area contributed by atoms with Crippen molar-refractivity contribution in [3.8, 4) is 0 Å². The predicted octanol–water partition coefficient (Wildman–Crippen LogP) is 4.06. The van der Waals surface area contributed by atoms with E-state index in [0.717, 1.165) is 11.3 Å². The quantitative estimate of drug-likeness (QED) is 0.287. The zero-order valence-electron chi connectivity index (χ0n) is 14.8. The molecule has 0 atom stereocenters.